The van der Waals surface area contributed by atoms with Crippen LogP contribution in [-0.2, 0) is 12.8 Å². The third kappa shape index (κ3) is 2.18. The van der Waals surface area contributed by atoms with E-state index in [0.717, 1.165) is 25.7 Å². The Morgan fingerprint density at radius 1 is 1.26 bits per heavy atom. The van der Waals surface area contributed by atoms with Gasteiger partial charge in [0.15, 0.2) is 0 Å². The molecule has 0 unspecified atom stereocenters. The number of hydrogen-bond donors (Lipinski definition) is 2. The van der Waals surface area contributed by atoms with Crippen LogP contribution in [0.5, 0.6) is 5.75 Å². The van der Waals surface area contributed by atoms with Crippen LogP contribution in [0, 0.1) is 17.3 Å². The van der Waals surface area contributed by atoms with Crippen LogP contribution in [0.3, 0.4) is 0 Å². The number of phenols is 1. The van der Waals surface area contributed by atoms with E-state index in [1.807, 2.05) is 18.2 Å². The zero-order valence-corrected chi connectivity index (χ0v) is 14.1. The van der Waals surface area contributed by atoms with Gasteiger partial charge in [0, 0.05) is 0 Å². The van der Waals surface area contributed by atoms with Crippen LogP contribution < -0.4 is 0 Å². The van der Waals surface area contributed by atoms with Gasteiger partial charge in [0.2, 0.25) is 0 Å². The second kappa shape index (κ2) is 5.37. The van der Waals surface area contributed by atoms with E-state index in [2.05, 4.69) is 13.5 Å². The van der Waals surface area contributed by atoms with Crippen LogP contribution in [0.1, 0.15) is 61.6 Å². The van der Waals surface area contributed by atoms with Gasteiger partial charge in [-0.2, -0.15) is 0 Å². The van der Waals surface area contributed by atoms with E-state index >= 15 is 0 Å². The molecule has 0 spiro atoms. The Labute approximate surface area is 139 Å². The third-order valence-corrected chi connectivity index (χ3v) is 7.21. The van der Waals surface area contributed by atoms with Gasteiger partial charge in [-0.1, -0.05) is 13.0 Å². The Morgan fingerprint density at radius 2 is 2.09 bits per heavy atom. The molecule has 0 saturated heterocycles. The third-order valence-electron chi connectivity index (χ3n) is 7.21. The maximum absolute atomic E-state index is 10.5. The van der Waals surface area contributed by atoms with E-state index in [0.29, 0.717) is 23.5 Å². The van der Waals surface area contributed by atoms with Gasteiger partial charge in [-0.05, 0) is 96.9 Å². The van der Waals surface area contributed by atoms with Gasteiger partial charge in [0.25, 0.3) is 0 Å². The number of aliphatic hydroxyl groups is 1. The Kier molecular flexibility index (Phi) is 3.57. The Balaban J connectivity index is 1.76. The number of aromatic hydroxyl groups is 1. The van der Waals surface area contributed by atoms with Crippen molar-refractivity contribution in [3.05, 3.63) is 41.5 Å². The average Bonchev–Trinajstić information content (AvgIpc) is 2.82. The molecule has 0 aliphatic heterocycles. The lowest BCUT2D eigenvalue weighted by molar-refractivity contribution is -0.0227. The van der Waals surface area contributed by atoms with Crippen molar-refractivity contribution < 1.29 is 10.2 Å². The number of phenolic OH excluding ortho intramolecular Hbond substituents is 1. The molecule has 0 heterocycles. The lowest BCUT2D eigenvalue weighted by atomic mass is 9.55. The normalized spacial score (nSPS) is 38.5. The van der Waals surface area contributed by atoms with Crippen molar-refractivity contribution in [3.8, 4) is 5.75 Å². The number of rotatable bonds is 2. The van der Waals surface area contributed by atoms with Gasteiger partial charge >= 0.3 is 0 Å². The van der Waals surface area contributed by atoms with Gasteiger partial charge in [-0.25, -0.2) is 0 Å². The summed E-state index contributed by atoms with van der Waals surface area (Å²) in [5, 5.41) is 20.5. The summed E-state index contributed by atoms with van der Waals surface area (Å²) in [6, 6.07) is 3.93. The van der Waals surface area contributed by atoms with Crippen LogP contribution in [0.25, 0.3) is 0 Å². The summed E-state index contributed by atoms with van der Waals surface area (Å²) in [6.07, 6.45) is 9.43. The lowest BCUT2D eigenvalue weighted by Crippen LogP contribution is -2.44. The zero-order chi connectivity index (χ0) is 16.2. The van der Waals surface area contributed by atoms with Crippen LogP contribution in [-0.4, -0.2) is 16.3 Å². The largest absolute Gasteiger partial charge is 0.508 e. The van der Waals surface area contributed by atoms with Crippen molar-refractivity contribution in [3.63, 3.8) is 0 Å². The summed E-state index contributed by atoms with van der Waals surface area (Å²) >= 11 is 0. The molecule has 124 valence electrons. The molecule has 23 heavy (non-hydrogen) atoms. The average molecular weight is 312 g/mol. The van der Waals surface area contributed by atoms with Gasteiger partial charge in [0.05, 0.1) is 6.10 Å². The predicted molar refractivity (Wildman–Crippen MR) is 92.6 cm³/mol. The first-order valence-electron chi connectivity index (χ1n) is 9.18. The summed E-state index contributed by atoms with van der Waals surface area (Å²) in [7, 11) is 0. The molecule has 2 N–H and O–H groups in total. The van der Waals surface area contributed by atoms with Gasteiger partial charge in [-0.3, -0.25) is 0 Å². The van der Waals surface area contributed by atoms with E-state index in [1.165, 1.54) is 36.0 Å². The highest BCUT2D eigenvalue weighted by atomic mass is 16.3. The quantitative estimate of drug-likeness (QED) is 0.798. The van der Waals surface area contributed by atoms with Crippen molar-refractivity contribution in [1.82, 2.24) is 0 Å². The highest BCUT2D eigenvalue weighted by molar-refractivity contribution is 5.47. The molecule has 0 aromatic heterocycles. The number of benzene rings is 1. The van der Waals surface area contributed by atoms with E-state index in [-0.39, 0.29) is 11.5 Å². The molecule has 2 fully saturated rings. The molecule has 5 atom stereocenters. The van der Waals surface area contributed by atoms with Crippen LogP contribution in [0.2, 0.25) is 0 Å². The van der Waals surface area contributed by atoms with Crippen molar-refractivity contribution in [1.29, 1.82) is 0 Å². The van der Waals surface area contributed by atoms with Crippen LogP contribution in [0.15, 0.2) is 24.8 Å². The number of allylic oxidation sites excluding steroid dienone is 1. The van der Waals surface area contributed by atoms with Crippen molar-refractivity contribution >= 4 is 0 Å². The predicted octanol–water partition coefficient (Wildman–Crippen LogP) is 4.34. The monoisotopic (exact) mass is 312 g/mol. The molecule has 0 radical (unpaired) electrons. The summed E-state index contributed by atoms with van der Waals surface area (Å²) in [4.78, 5) is 0. The van der Waals surface area contributed by atoms with Crippen LogP contribution >= 0.6 is 0 Å². The standard InChI is InChI=1S/C21H28O2/c1-3-4-13-11-15(22)12-14-5-6-16-17(20(13)14)9-10-21(2)18(16)7-8-19(21)23/h3,11-12,16-19,22-23H,1,4-10H2,2H3/t16-,17+,18+,19+,21+/m1/s1. The van der Waals surface area contributed by atoms with E-state index in [4.69, 9.17) is 0 Å². The minimum Gasteiger partial charge on any atom is -0.508 e. The lowest BCUT2D eigenvalue weighted by Gasteiger charge is -2.50. The molecule has 1 aromatic rings. The number of aliphatic hydroxyl groups excluding tert-OH is 1. The Hall–Kier alpha value is -1.28. The van der Waals surface area contributed by atoms with Gasteiger partial charge < -0.3 is 10.2 Å². The summed E-state index contributed by atoms with van der Waals surface area (Å²) in [5.74, 6) is 2.37. The van der Waals surface area contributed by atoms with Crippen molar-refractivity contribution in [2.75, 3.05) is 0 Å². The van der Waals surface area contributed by atoms with Gasteiger partial charge in [-0.15, -0.1) is 6.58 Å². The van der Waals surface area contributed by atoms with Crippen molar-refractivity contribution in [2.24, 2.45) is 17.3 Å². The molecule has 0 bridgehead atoms. The molecular weight excluding hydrogens is 284 g/mol. The van der Waals surface area contributed by atoms with E-state index in [9.17, 15) is 10.2 Å². The molecule has 2 heteroatoms. The first-order chi connectivity index (χ1) is 11.0. The Morgan fingerprint density at radius 3 is 2.87 bits per heavy atom. The first kappa shape index (κ1) is 15.3. The Bertz CT molecular complexity index is 635. The smallest absolute Gasteiger partial charge is 0.116 e. The molecule has 2 saturated carbocycles. The fourth-order valence-electron chi connectivity index (χ4n) is 6.11. The van der Waals surface area contributed by atoms with E-state index in [1.54, 1.807) is 0 Å². The van der Waals surface area contributed by atoms with Crippen LogP contribution in [0.4, 0.5) is 0 Å². The first-order valence-corrected chi connectivity index (χ1v) is 9.18. The number of aryl methyl sites for hydroxylation is 1. The molecule has 4 rings (SSSR count). The van der Waals surface area contributed by atoms with Crippen molar-refractivity contribution in [2.45, 2.75) is 63.9 Å². The molecule has 3 aliphatic rings. The highest BCUT2D eigenvalue weighted by Crippen LogP contribution is 2.61. The summed E-state index contributed by atoms with van der Waals surface area (Å²) in [6.45, 7) is 6.22. The summed E-state index contributed by atoms with van der Waals surface area (Å²) < 4.78 is 0. The minimum atomic E-state index is -0.109. The molecule has 3 aliphatic carbocycles. The van der Waals surface area contributed by atoms with E-state index < -0.39 is 0 Å². The number of hydrogen-bond acceptors (Lipinski definition) is 2. The maximum atomic E-state index is 10.5. The zero-order valence-electron chi connectivity index (χ0n) is 14.1. The maximum Gasteiger partial charge on any atom is 0.116 e. The fraction of sp³-hybridized carbons (Fsp3) is 0.619. The minimum absolute atomic E-state index is 0.109. The fourth-order valence-corrected chi connectivity index (χ4v) is 6.11. The SMILES string of the molecule is C=CCc1cc(O)cc2c1[C@H]1CC[C@]3(C)[C@@H](O)CC[C@H]3[C@@H]1CC2. The molecule has 1 aromatic carbocycles. The summed E-state index contributed by atoms with van der Waals surface area (Å²) in [5.41, 5.74) is 4.26. The highest BCUT2D eigenvalue weighted by Gasteiger charge is 2.54. The number of fused-ring (bicyclic) bond motifs is 5. The second-order valence-corrected chi connectivity index (χ2v) is 8.22. The molecular formula is C21H28O2. The molecule has 2 nitrogen and oxygen atoms in total. The second-order valence-electron chi connectivity index (χ2n) is 8.22. The topological polar surface area (TPSA) is 40.5 Å². The molecule has 0 amide bonds. The van der Waals surface area contributed by atoms with Gasteiger partial charge in [0.1, 0.15) is 5.75 Å².